The van der Waals surface area contributed by atoms with E-state index in [9.17, 15) is 14.7 Å². The standard InChI is InChI=1S/C28H30FN3O7/c1-3-36-22-16-20(17-23(34)37-4-2)24(29)25(26(22)38-15-14-33)31-21-12-10-18(11-13-21)27(30)32-39-28(35)19-8-6-5-7-9-19/h5-13,16,31,33H,3-4,14-15,17H2,1-2H3,(H2,30,32). The van der Waals surface area contributed by atoms with Crippen molar-refractivity contribution in [1.82, 2.24) is 0 Å². The number of hydrogen-bond acceptors (Lipinski definition) is 9. The monoisotopic (exact) mass is 539 g/mol. The number of anilines is 2. The fraction of sp³-hybridized carbons (Fsp3) is 0.250. The van der Waals surface area contributed by atoms with Crippen LogP contribution in [-0.4, -0.2) is 49.3 Å². The zero-order valence-electron chi connectivity index (χ0n) is 21.6. The van der Waals surface area contributed by atoms with Crippen LogP contribution >= 0.6 is 0 Å². The number of benzene rings is 3. The number of hydrogen-bond donors (Lipinski definition) is 3. The molecule has 11 heteroatoms. The Balaban J connectivity index is 1.87. The molecule has 0 aliphatic heterocycles. The predicted molar refractivity (Wildman–Crippen MR) is 143 cm³/mol. The van der Waals surface area contributed by atoms with E-state index in [-0.39, 0.29) is 61.4 Å². The third-order valence-corrected chi connectivity index (χ3v) is 5.22. The third kappa shape index (κ3) is 7.92. The normalized spacial score (nSPS) is 11.0. The predicted octanol–water partition coefficient (Wildman–Crippen LogP) is 3.92. The topological polar surface area (TPSA) is 142 Å². The van der Waals surface area contributed by atoms with Gasteiger partial charge in [0.05, 0.1) is 31.8 Å². The van der Waals surface area contributed by atoms with E-state index in [0.717, 1.165) is 0 Å². The first-order valence-electron chi connectivity index (χ1n) is 12.2. The van der Waals surface area contributed by atoms with Crippen LogP contribution in [0.2, 0.25) is 0 Å². The first-order chi connectivity index (χ1) is 18.9. The molecule has 4 N–H and O–H groups in total. The van der Waals surface area contributed by atoms with E-state index in [1.807, 2.05) is 0 Å². The van der Waals surface area contributed by atoms with Crippen LogP contribution in [0.15, 0.2) is 65.8 Å². The van der Waals surface area contributed by atoms with Crippen molar-refractivity contribution in [3.8, 4) is 11.5 Å². The lowest BCUT2D eigenvalue weighted by atomic mass is 10.1. The van der Waals surface area contributed by atoms with Crippen LogP contribution in [0.4, 0.5) is 15.8 Å². The summed E-state index contributed by atoms with van der Waals surface area (Å²) in [5, 5.41) is 15.9. The highest BCUT2D eigenvalue weighted by Crippen LogP contribution is 2.41. The minimum absolute atomic E-state index is 0.0361. The number of nitrogens with two attached hydrogens (primary N) is 1. The van der Waals surface area contributed by atoms with Gasteiger partial charge in [0.2, 0.25) is 0 Å². The Labute approximate surface area is 225 Å². The van der Waals surface area contributed by atoms with E-state index in [1.165, 1.54) is 6.07 Å². The van der Waals surface area contributed by atoms with Gasteiger partial charge < -0.3 is 35.2 Å². The summed E-state index contributed by atoms with van der Waals surface area (Å²) in [4.78, 5) is 29.1. The average Bonchev–Trinajstić information content (AvgIpc) is 2.94. The summed E-state index contributed by atoms with van der Waals surface area (Å²) in [5.41, 5.74) is 7.14. The van der Waals surface area contributed by atoms with Gasteiger partial charge in [-0.2, -0.15) is 0 Å². The second kappa shape index (κ2) is 14.3. The van der Waals surface area contributed by atoms with Crippen molar-refractivity contribution in [3.63, 3.8) is 0 Å². The molecule has 0 aliphatic carbocycles. The van der Waals surface area contributed by atoms with Crippen LogP contribution in [-0.2, 0) is 20.8 Å². The van der Waals surface area contributed by atoms with Crippen molar-refractivity contribution in [1.29, 1.82) is 0 Å². The molecule has 0 aromatic heterocycles. The van der Waals surface area contributed by atoms with Crippen LogP contribution in [0, 0.1) is 5.82 Å². The van der Waals surface area contributed by atoms with Gasteiger partial charge in [-0.15, -0.1) is 0 Å². The highest BCUT2D eigenvalue weighted by molar-refractivity contribution is 5.98. The Hall–Kier alpha value is -4.64. The number of amidine groups is 1. The highest BCUT2D eigenvalue weighted by Gasteiger charge is 2.23. The smallest absolute Gasteiger partial charge is 0.365 e. The number of aliphatic hydroxyl groups is 1. The molecule has 0 atom stereocenters. The van der Waals surface area contributed by atoms with Crippen LogP contribution < -0.4 is 20.5 Å². The molecular weight excluding hydrogens is 509 g/mol. The first-order valence-corrected chi connectivity index (χ1v) is 12.2. The molecule has 0 spiro atoms. The summed E-state index contributed by atoms with van der Waals surface area (Å²) < 4.78 is 31.8. The maximum Gasteiger partial charge on any atom is 0.365 e. The SMILES string of the molecule is CCOC(=O)Cc1cc(OCC)c(OCCO)c(Nc2ccc(C(N)=NOC(=O)c3ccccc3)cc2)c1F. The van der Waals surface area contributed by atoms with Gasteiger partial charge in [-0.3, -0.25) is 4.79 Å². The molecule has 0 saturated carbocycles. The van der Waals surface area contributed by atoms with E-state index >= 15 is 4.39 Å². The Morgan fingerprint density at radius 3 is 2.36 bits per heavy atom. The maximum atomic E-state index is 15.6. The number of nitrogens with one attached hydrogen (secondary N) is 1. The van der Waals surface area contributed by atoms with Crippen molar-refractivity contribution in [2.24, 2.45) is 10.9 Å². The van der Waals surface area contributed by atoms with Gasteiger partial charge in [-0.1, -0.05) is 23.4 Å². The number of ether oxygens (including phenoxy) is 3. The van der Waals surface area contributed by atoms with Crippen LogP contribution in [0.5, 0.6) is 11.5 Å². The molecule has 39 heavy (non-hydrogen) atoms. The molecule has 0 bridgehead atoms. The molecule has 206 valence electrons. The summed E-state index contributed by atoms with van der Waals surface area (Å²) in [7, 11) is 0. The largest absolute Gasteiger partial charge is 0.490 e. The van der Waals surface area contributed by atoms with Gasteiger partial charge in [-0.05, 0) is 56.3 Å². The average molecular weight is 540 g/mol. The number of carbonyl (C=O) groups excluding carboxylic acids is 2. The number of nitrogens with zero attached hydrogens (tertiary/aromatic N) is 1. The van der Waals surface area contributed by atoms with E-state index in [2.05, 4.69) is 10.5 Å². The fourth-order valence-electron chi connectivity index (χ4n) is 3.47. The Morgan fingerprint density at radius 2 is 1.72 bits per heavy atom. The molecule has 3 aromatic carbocycles. The molecular formula is C28H30FN3O7. The number of esters is 1. The summed E-state index contributed by atoms with van der Waals surface area (Å²) in [6, 6.07) is 16.1. The van der Waals surface area contributed by atoms with E-state index in [0.29, 0.717) is 16.8 Å². The van der Waals surface area contributed by atoms with Crippen molar-refractivity contribution in [2.75, 3.05) is 31.7 Å². The van der Waals surface area contributed by atoms with Gasteiger partial charge >= 0.3 is 11.9 Å². The van der Waals surface area contributed by atoms with Gasteiger partial charge in [0.15, 0.2) is 23.2 Å². The quantitative estimate of drug-likeness (QED) is 0.0968. The second-order valence-corrected chi connectivity index (χ2v) is 7.96. The number of rotatable bonds is 13. The zero-order chi connectivity index (χ0) is 28.2. The molecule has 0 aliphatic rings. The van der Waals surface area contributed by atoms with Gasteiger partial charge in [0.25, 0.3) is 0 Å². The molecule has 0 unspecified atom stereocenters. The molecule has 0 heterocycles. The van der Waals surface area contributed by atoms with E-state index < -0.39 is 17.8 Å². The van der Waals surface area contributed by atoms with E-state index in [1.54, 1.807) is 68.4 Å². The maximum absolute atomic E-state index is 15.6. The molecule has 3 aromatic rings. The van der Waals surface area contributed by atoms with Crippen LogP contribution in [0.25, 0.3) is 0 Å². The molecule has 3 rings (SSSR count). The highest BCUT2D eigenvalue weighted by atomic mass is 19.1. The van der Waals surface area contributed by atoms with Crippen molar-refractivity contribution in [2.45, 2.75) is 20.3 Å². The van der Waals surface area contributed by atoms with Crippen molar-refractivity contribution in [3.05, 3.63) is 83.2 Å². The number of oxime groups is 1. The van der Waals surface area contributed by atoms with Gasteiger partial charge in [-0.25, -0.2) is 9.18 Å². The number of carbonyl (C=O) groups is 2. The third-order valence-electron chi connectivity index (χ3n) is 5.22. The lowest BCUT2D eigenvalue weighted by Gasteiger charge is -2.20. The molecule has 10 nitrogen and oxygen atoms in total. The Bertz CT molecular complexity index is 1300. The van der Waals surface area contributed by atoms with E-state index in [4.69, 9.17) is 24.8 Å². The van der Waals surface area contributed by atoms with Crippen molar-refractivity contribution < 1.29 is 38.1 Å². The number of aliphatic hydroxyl groups excluding tert-OH is 1. The van der Waals surface area contributed by atoms with Crippen LogP contribution in [0.3, 0.4) is 0 Å². The summed E-state index contributed by atoms with van der Waals surface area (Å²) in [6.45, 7) is 3.40. The first kappa shape index (κ1) is 28.9. The minimum atomic E-state index is -0.738. The Kier molecular flexibility index (Phi) is 10.6. The van der Waals surface area contributed by atoms with Gasteiger partial charge in [0.1, 0.15) is 12.3 Å². The lowest BCUT2D eigenvalue weighted by molar-refractivity contribution is -0.142. The van der Waals surface area contributed by atoms with Crippen LogP contribution in [0.1, 0.15) is 35.3 Å². The summed E-state index contributed by atoms with van der Waals surface area (Å²) in [5.74, 6) is -1.80. The molecule has 0 amide bonds. The molecule has 0 saturated heterocycles. The molecule has 0 fully saturated rings. The molecule has 0 radical (unpaired) electrons. The van der Waals surface area contributed by atoms with Gasteiger partial charge in [0, 0.05) is 16.8 Å². The second-order valence-electron chi connectivity index (χ2n) is 7.96. The lowest BCUT2D eigenvalue weighted by Crippen LogP contribution is -2.15. The summed E-state index contributed by atoms with van der Waals surface area (Å²) >= 11 is 0. The Morgan fingerprint density at radius 1 is 1.00 bits per heavy atom. The zero-order valence-corrected chi connectivity index (χ0v) is 21.6. The number of halogens is 1. The van der Waals surface area contributed by atoms with Crippen molar-refractivity contribution >= 4 is 29.1 Å². The summed E-state index contributed by atoms with van der Waals surface area (Å²) in [6.07, 6.45) is -0.317. The minimum Gasteiger partial charge on any atom is -0.490 e. The fourth-order valence-corrected chi connectivity index (χ4v) is 3.47.